The quantitative estimate of drug-likeness (QED) is 0.761. The van der Waals surface area contributed by atoms with Crippen molar-refractivity contribution in [3.8, 4) is 0 Å². The molecule has 0 spiro atoms. The van der Waals surface area contributed by atoms with Crippen LogP contribution in [0.4, 0.5) is 0 Å². The van der Waals surface area contributed by atoms with E-state index in [1.165, 1.54) is 32.1 Å². The van der Waals surface area contributed by atoms with Crippen LogP contribution < -0.4 is 5.32 Å². The fraction of sp³-hybridized carbons (Fsp3) is 0.923. The first-order chi connectivity index (χ1) is 7.20. The van der Waals surface area contributed by atoms with E-state index in [0.29, 0.717) is 23.8 Å². The zero-order chi connectivity index (χ0) is 10.8. The number of hydrogen-bond donors (Lipinski definition) is 1. The SMILES string of the molecule is CCC1CCC(NC(=O)[C@@H]2C[C@H]2C)CC1. The van der Waals surface area contributed by atoms with E-state index in [1.54, 1.807) is 0 Å². The van der Waals surface area contributed by atoms with E-state index in [-0.39, 0.29) is 0 Å². The Labute approximate surface area is 92.8 Å². The zero-order valence-electron chi connectivity index (χ0n) is 9.96. The molecule has 2 fully saturated rings. The van der Waals surface area contributed by atoms with Gasteiger partial charge in [-0.1, -0.05) is 20.3 Å². The van der Waals surface area contributed by atoms with Crippen molar-refractivity contribution in [2.75, 3.05) is 0 Å². The van der Waals surface area contributed by atoms with Gasteiger partial charge in [0.05, 0.1) is 0 Å². The Morgan fingerprint density at radius 3 is 2.33 bits per heavy atom. The van der Waals surface area contributed by atoms with E-state index in [4.69, 9.17) is 0 Å². The lowest BCUT2D eigenvalue weighted by atomic mass is 9.84. The maximum Gasteiger partial charge on any atom is 0.223 e. The van der Waals surface area contributed by atoms with Gasteiger partial charge in [0.2, 0.25) is 5.91 Å². The van der Waals surface area contributed by atoms with Crippen molar-refractivity contribution in [2.24, 2.45) is 17.8 Å². The number of carbonyl (C=O) groups is 1. The molecule has 0 saturated heterocycles. The second kappa shape index (κ2) is 4.54. The molecule has 0 bridgehead atoms. The molecule has 2 rings (SSSR count). The van der Waals surface area contributed by atoms with Gasteiger partial charge in [-0.2, -0.15) is 0 Å². The van der Waals surface area contributed by atoms with E-state index in [0.717, 1.165) is 12.3 Å². The van der Waals surface area contributed by atoms with Crippen molar-refractivity contribution >= 4 is 5.91 Å². The molecular weight excluding hydrogens is 186 g/mol. The summed E-state index contributed by atoms with van der Waals surface area (Å²) < 4.78 is 0. The molecule has 2 aliphatic rings. The molecule has 2 atom stereocenters. The Kier molecular flexibility index (Phi) is 3.32. The van der Waals surface area contributed by atoms with Crippen molar-refractivity contribution in [3.05, 3.63) is 0 Å². The van der Waals surface area contributed by atoms with Crippen LogP contribution in [0.15, 0.2) is 0 Å². The largest absolute Gasteiger partial charge is 0.353 e. The molecule has 0 aliphatic heterocycles. The van der Waals surface area contributed by atoms with Gasteiger partial charge in [0.1, 0.15) is 0 Å². The molecule has 0 unspecified atom stereocenters. The van der Waals surface area contributed by atoms with E-state index in [1.807, 2.05) is 0 Å². The van der Waals surface area contributed by atoms with Crippen molar-refractivity contribution in [1.82, 2.24) is 5.32 Å². The molecule has 0 aromatic rings. The van der Waals surface area contributed by atoms with Crippen molar-refractivity contribution in [3.63, 3.8) is 0 Å². The molecule has 2 nitrogen and oxygen atoms in total. The molecule has 0 aromatic carbocycles. The Morgan fingerprint density at radius 2 is 1.87 bits per heavy atom. The van der Waals surface area contributed by atoms with Crippen LogP contribution in [0.5, 0.6) is 0 Å². The molecule has 0 heterocycles. The molecule has 2 aliphatic carbocycles. The summed E-state index contributed by atoms with van der Waals surface area (Å²) in [6.07, 6.45) is 7.43. The van der Waals surface area contributed by atoms with Crippen molar-refractivity contribution in [1.29, 1.82) is 0 Å². The maximum absolute atomic E-state index is 11.7. The van der Waals surface area contributed by atoms with Crippen LogP contribution in [0.25, 0.3) is 0 Å². The third-order valence-corrected chi connectivity index (χ3v) is 4.22. The molecular formula is C13H23NO. The summed E-state index contributed by atoms with van der Waals surface area (Å²) in [7, 11) is 0. The predicted molar refractivity (Wildman–Crippen MR) is 61.5 cm³/mol. The maximum atomic E-state index is 11.7. The minimum Gasteiger partial charge on any atom is -0.353 e. The fourth-order valence-corrected chi connectivity index (χ4v) is 2.71. The third kappa shape index (κ3) is 2.73. The Morgan fingerprint density at radius 1 is 1.27 bits per heavy atom. The van der Waals surface area contributed by atoms with Crippen LogP contribution in [-0.4, -0.2) is 11.9 Å². The fourth-order valence-electron chi connectivity index (χ4n) is 2.71. The van der Waals surface area contributed by atoms with Crippen molar-refractivity contribution < 1.29 is 4.79 Å². The summed E-state index contributed by atoms with van der Waals surface area (Å²) in [5.41, 5.74) is 0. The molecule has 15 heavy (non-hydrogen) atoms. The van der Waals surface area contributed by atoms with E-state index >= 15 is 0 Å². The summed E-state index contributed by atoms with van der Waals surface area (Å²) in [6.45, 7) is 4.44. The lowest BCUT2D eigenvalue weighted by Gasteiger charge is -2.28. The van der Waals surface area contributed by atoms with Gasteiger partial charge in [0, 0.05) is 12.0 Å². The number of rotatable bonds is 3. The molecule has 0 radical (unpaired) electrons. The highest BCUT2D eigenvalue weighted by Gasteiger charge is 2.39. The minimum absolute atomic E-state index is 0.322. The third-order valence-electron chi connectivity index (χ3n) is 4.22. The highest BCUT2D eigenvalue weighted by Crippen LogP contribution is 2.38. The summed E-state index contributed by atoms with van der Waals surface area (Å²) in [5.74, 6) is 2.21. The van der Waals surface area contributed by atoms with Crippen LogP contribution in [-0.2, 0) is 4.79 Å². The standard InChI is InChI=1S/C13H23NO/c1-3-10-4-6-11(7-5-10)14-13(15)12-8-9(12)2/h9-12H,3-8H2,1-2H3,(H,14,15)/t9-,10?,11?,12-/m1/s1. The summed E-state index contributed by atoms with van der Waals surface area (Å²) in [4.78, 5) is 11.7. The second-order valence-electron chi connectivity index (χ2n) is 5.45. The Balaban J connectivity index is 1.70. The van der Waals surface area contributed by atoms with Gasteiger partial charge in [0.25, 0.3) is 0 Å². The van der Waals surface area contributed by atoms with Crippen LogP contribution >= 0.6 is 0 Å². The first-order valence-corrected chi connectivity index (χ1v) is 6.51. The monoisotopic (exact) mass is 209 g/mol. The van der Waals surface area contributed by atoms with Crippen LogP contribution in [0.3, 0.4) is 0 Å². The number of nitrogens with one attached hydrogen (secondary N) is 1. The van der Waals surface area contributed by atoms with Gasteiger partial charge < -0.3 is 5.32 Å². The van der Waals surface area contributed by atoms with Gasteiger partial charge in [-0.05, 0) is 43.9 Å². The summed E-state index contributed by atoms with van der Waals surface area (Å²) >= 11 is 0. The van der Waals surface area contributed by atoms with Crippen molar-refractivity contribution in [2.45, 2.75) is 58.4 Å². The highest BCUT2D eigenvalue weighted by molar-refractivity contribution is 5.81. The van der Waals surface area contributed by atoms with Gasteiger partial charge in [-0.25, -0.2) is 0 Å². The van der Waals surface area contributed by atoms with Gasteiger partial charge in [-0.15, -0.1) is 0 Å². The van der Waals surface area contributed by atoms with Gasteiger partial charge in [0.15, 0.2) is 0 Å². The summed E-state index contributed by atoms with van der Waals surface area (Å²) in [5, 5.41) is 3.22. The molecule has 2 heteroatoms. The molecule has 86 valence electrons. The lowest BCUT2D eigenvalue weighted by molar-refractivity contribution is -0.123. The average molecular weight is 209 g/mol. The second-order valence-corrected chi connectivity index (χ2v) is 5.45. The minimum atomic E-state index is 0.322. The smallest absolute Gasteiger partial charge is 0.223 e. The van der Waals surface area contributed by atoms with Crippen LogP contribution in [0.2, 0.25) is 0 Å². The number of amides is 1. The molecule has 1 amide bonds. The highest BCUT2D eigenvalue weighted by atomic mass is 16.2. The Bertz CT molecular complexity index is 231. The van der Waals surface area contributed by atoms with Gasteiger partial charge in [-0.3, -0.25) is 4.79 Å². The molecule has 1 N–H and O–H groups in total. The van der Waals surface area contributed by atoms with Crippen LogP contribution in [0.1, 0.15) is 52.4 Å². The first kappa shape index (κ1) is 11.0. The number of hydrogen-bond acceptors (Lipinski definition) is 1. The number of carbonyl (C=O) groups excluding carboxylic acids is 1. The predicted octanol–water partition coefficient (Wildman–Crippen LogP) is 2.73. The zero-order valence-corrected chi connectivity index (χ0v) is 9.96. The summed E-state index contributed by atoms with van der Waals surface area (Å²) in [6, 6.07) is 0.480. The van der Waals surface area contributed by atoms with Crippen LogP contribution in [0, 0.1) is 17.8 Å². The molecule has 2 saturated carbocycles. The lowest BCUT2D eigenvalue weighted by Crippen LogP contribution is -2.38. The van der Waals surface area contributed by atoms with E-state index in [2.05, 4.69) is 19.2 Å². The Hall–Kier alpha value is -0.530. The van der Waals surface area contributed by atoms with E-state index < -0.39 is 0 Å². The van der Waals surface area contributed by atoms with Gasteiger partial charge >= 0.3 is 0 Å². The normalized spacial score (nSPS) is 39.9. The first-order valence-electron chi connectivity index (χ1n) is 6.51. The topological polar surface area (TPSA) is 29.1 Å². The van der Waals surface area contributed by atoms with E-state index in [9.17, 15) is 4.79 Å². The average Bonchev–Trinajstić information content (AvgIpc) is 2.97. The molecule has 0 aromatic heterocycles.